The van der Waals surface area contributed by atoms with Gasteiger partial charge in [0.25, 0.3) is 15.9 Å². The maximum Gasteiger partial charge on any atom is 0.261 e. The summed E-state index contributed by atoms with van der Waals surface area (Å²) in [6, 6.07) is 14.0. The number of benzene rings is 2. The van der Waals surface area contributed by atoms with Gasteiger partial charge in [0.15, 0.2) is 0 Å². The van der Waals surface area contributed by atoms with Gasteiger partial charge in [0, 0.05) is 31.5 Å². The van der Waals surface area contributed by atoms with Crippen molar-refractivity contribution in [1.29, 1.82) is 0 Å². The fourth-order valence-electron chi connectivity index (χ4n) is 2.63. The van der Waals surface area contributed by atoms with Crippen LogP contribution in [0.4, 0.5) is 5.69 Å². The number of pyridine rings is 1. The predicted octanol–water partition coefficient (Wildman–Crippen LogP) is 4.46. The molecule has 0 radical (unpaired) electrons. The molecule has 1 aromatic heterocycles. The molecule has 0 bridgehead atoms. The van der Waals surface area contributed by atoms with Crippen molar-refractivity contribution >= 4 is 44.8 Å². The van der Waals surface area contributed by atoms with E-state index < -0.39 is 10.0 Å². The van der Waals surface area contributed by atoms with Crippen molar-refractivity contribution in [2.24, 2.45) is 0 Å². The maximum absolute atomic E-state index is 12.7. The lowest BCUT2D eigenvalue weighted by molar-refractivity contribution is 0.0785. The molecule has 0 aliphatic heterocycles. The van der Waals surface area contributed by atoms with Crippen LogP contribution in [-0.4, -0.2) is 31.3 Å². The maximum atomic E-state index is 12.7. The summed E-state index contributed by atoms with van der Waals surface area (Å²) in [5.41, 5.74) is 1.47. The zero-order valence-corrected chi connectivity index (χ0v) is 17.7. The number of aromatic nitrogens is 1. The van der Waals surface area contributed by atoms with Crippen LogP contribution in [0.15, 0.2) is 71.9 Å². The Balaban J connectivity index is 1.73. The van der Waals surface area contributed by atoms with Crippen LogP contribution in [-0.2, 0) is 16.6 Å². The van der Waals surface area contributed by atoms with Gasteiger partial charge in [-0.1, -0.05) is 35.3 Å². The van der Waals surface area contributed by atoms with Gasteiger partial charge in [-0.05, 0) is 48.0 Å². The number of rotatable bonds is 6. The minimum atomic E-state index is -3.77. The molecule has 0 aliphatic carbocycles. The number of hydrogen-bond donors (Lipinski definition) is 1. The summed E-state index contributed by atoms with van der Waals surface area (Å²) < 4.78 is 27.4. The standard InChI is InChI=1S/C20H17Cl2N3O3S/c1-25(13-15-3-2-4-18(21)19(15)22)20(26)14-5-7-17(8-6-14)29(27,28)24-16-9-11-23-12-10-16/h2-12H,13H2,1H3,(H,23,24). The van der Waals surface area contributed by atoms with Crippen LogP contribution in [0.2, 0.25) is 10.0 Å². The summed E-state index contributed by atoms with van der Waals surface area (Å²) in [6.45, 7) is 0.266. The number of amides is 1. The highest BCUT2D eigenvalue weighted by atomic mass is 35.5. The average Bonchev–Trinajstić information content (AvgIpc) is 2.71. The minimum Gasteiger partial charge on any atom is -0.337 e. The Morgan fingerprint density at radius 3 is 2.34 bits per heavy atom. The molecule has 1 amide bonds. The number of nitrogens with one attached hydrogen (secondary N) is 1. The molecule has 1 heterocycles. The van der Waals surface area contributed by atoms with Gasteiger partial charge in [-0.25, -0.2) is 8.42 Å². The first-order chi connectivity index (χ1) is 13.8. The van der Waals surface area contributed by atoms with E-state index in [0.29, 0.717) is 21.3 Å². The van der Waals surface area contributed by atoms with Crippen LogP contribution in [0.1, 0.15) is 15.9 Å². The second-order valence-corrected chi connectivity index (χ2v) is 8.71. The zero-order valence-electron chi connectivity index (χ0n) is 15.3. The zero-order chi connectivity index (χ0) is 21.0. The van der Waals surface area contributed by atoms with Crippen molar-refractivity contribution < 1.29 is 13.2 Å². The van der Waals surface area contributed by atoms with E-state index in [4.69, 9.17) is 23.2 Å². The molecule has 0 fully saturated rings. The molecular weight excluding hydrogens is 433 g/mol. The third-order valence-electron chi connectivity index (χ3n) is 4.13. The number of hydrogen-bond acceptors (Lipinski definition) is 4. The summed E-state index contributed by atoms with van der Waals surface area (Å²) in [4.78, 5) is 18.0. The summed E-state index contributed by atoms with van der Waals surface area (Å²) in [5, 5.41) is 0.818. The van der Waals surface area contributed by atoms with E-state index >= 15 is 0 Å². The molecule has 0 aliphatic rings. The molecule has 0 unspecified atom stereocenters. The number of halogens is 2. The first-order valence-electron chi connectivity index (χ1n) is 8.49. The van der Waals surface area contributed by atoms with Crippen LogP contribution in [0, 0.1) is 0 Å². The van der Waals surface area contributed by atoms with Gasteiger partial charge in [-0.3, -0.25) is 14.5 Å². The van der Waals surface area contributed by atoms with E-state index in [0.717, 1.165) is 5.56 Å². The molecule has 1 N–H and O–H groups in total. The fourth-order valence-corrected chi connectivity index (χ4v) is 4.07. The van der Waals surface area contributed by atoms with Crippen LogP contribution in [0.3, 0.4) is 0 Å². The molecular formula is C20H17Cl2N3O3S. The van der Waals surface area contributed by atoms with Gasteiger partial charge in [-0.15, -0.1) is 0 Å². The van der Waals surface area contributed by atoms with Gasteiger partial charge in [0.1, 0.15) is 0 Å². The molecule has 3 rings (SSSR count). The van der Waals surface area contributed by atoms with Gasteiger partial charge in [0.2, 0.25) is 0 Å². The molecule has 0 saturated heterocycles. The van der Waals surface area contributed by atoms with E-state index in [1.165, 1.54) is 41.6 Å². The first-order valence-corrected chi connectivity index (χ1v) is 10.7. The third kappa shape index (κ3) is 5.06. The van der Waals surface area contributed by atoms with Crippen LogP contribution in [0.25, 0.3) is 0 Å². The smallest absolute Gasteiger partial charge is 0.261 e. The van der Waals surface area contributed by atoms with E-state index in [9.17, 15) is 13.2 Å². The molecule has 6 nitrogen and oxygen atoms in total. The lowest BCUT2D eigenvalue weighted by atomic mass is 10.1. The van der Waals surface area contributed by atoms with E-state index in [2.05, 4.69) is 9.71 Å². The quantitative estimate of drug-likeness (QED) is 0.602. The number of anilines is 1. The highest BCUT2D eigenvalue weighted by molar-refractivity contribution is 7.92. The highest BCUT2D eigenvalue weighted by Crippen LogP contribution is 2.26. The van der Waals surface area contributed by atoms with Crippen molar-refractivity contribution in [3.63, 3.8) is 0 Å². The Hall–Kier alpha value is -2.61. The molecule has 0 saturated carbocycles. The van der Waals surface area contributed by atoms with Crippen LogP contribution >= 0.6 is 23.2 Å². The van der Waals surface area contributed by atoms with Crippen molar-refractivity contribution in [1.82, 2.24) is 9.88 Å². The Morgan fingerprint density at radius 2 is 1.69 bits per heavy atom. The monoisotopic (exact) mass is 449 g/mol. The molecule has 150 valence electrons. The highest BCUT2D eigenvalue weighted by Gasteiger charge is 2.18. The SMILES string of the molecule is CN(Cc1cccc(Cl)c1Cl)C(=O)c1ccc(S(=O)(=O)Nc2ccncc2)cc1. The number of carbonyl (C=O) groups is 1. The Morgan fingerprint density at radius 1 is 1.03 bits per heavy atom. The Kier molecular flexibility index (Phi) is 6.42. The second kappa shape index (κ2) is 8.82. The fraction of sp³-hybridized carbons (Fsp3) is 0.100. The largest absolute Gasteiger partial charge is 0.337 e. The Labute approximate surface area is 179 Å². The van der Waals surface area contributed by atoms with Gasteiger partial charge >= 0.3 is 0 Å². The summed E-state index contributed by atoms with van der Waals surface area (Å²) in [6.07, 6.45) is 2.98. The topological polar surface area (TPSA) is 79.4 Å². The molecule has 0 spiro atoms. The van der Waals surface area contributed by atoms with Crippen molar-refractivity contribution in [2.45, 2.75) is 11.4 Å². The summed E-state index contributed by atoms with van der Waals surface area (Å²) >= 11 is 12.2. The lowest BCUT2D eigenvalue weighted by Crippen LogP contribution is -2.26. The normalized spacial score (nSPS) is 11.1. The molecule has 9 heteroatoms. The number of carbonyl (C=O) groups excluding carboxylic acids is 1. The van der Waals surface area contributed by atoms with Crippen molar-refractivity contribution in [3.8, 4) is 0 Å². The van der Waals surface area contributed by atoms with Crippen molar-refractivity contribution in [3.05, 3.63) is 88.2 Å². The van der Waals surface area contributed by atoms with Crippen molar-refractivity contribution in [2.75, 3.05) is 11.8 Å². The Bertz CT molecular complexity index is 1120. The molecule has 3 aromatic rings. The van der Waals surface area contributed by atoms with Gasteiger partial charge in [-0.2, -0.15) is 0 Å². The summed E-state index contributed by atoms with van der Waals surface area (Å²) in [5.74, 6) is -0.271. The summed E-state index contributed by atoms with van der Waals surface area (Å²) in [7, 11) is -2.14. The second-order valence-electron chi connectivity index (χ2n) is 6.24. The lowest BCUT2D eigenvalue weighted by Gasteiger charge is -2.18. The average molecular weight is 450 g/mol. The molecule has 29 heavy (non-hydrogen) atoms. The van der Waals surface area contributed by atoms with Crippen LogP contribution in [0.5, 0.6) is 0 Å². The molecule has 2 aromatic carbocycles. The van der Waals surface area contributed by atoms with Gasteiger partial charge in [0.05, 0.1) is 20.6 Å². The van der Waals surface area contributed by atoms with E-state index in [1.54, 1.807) is 37.4 Å². The van der Waals surface area contributed by atoms with Gasteiger partial charge < -0.3 is 4.90 Å². The molecule has 0 atom stereocenters. The third-order valence-corrected chi connectivity index (χ3v) is 6.39. The van der Waals surface area contributed by atoms with Crippen LogP contribution < -0.4 is 4.72 Å². The van der Waals surface area contributed by atoms with E-state index in [-0.39, 0.29) is 17.3 Å². The first kappa shape index (κ1) is 21.1. The number of sulfonamides is 1. The van der Waals surface area contributed by atoms with E-state index in [1.807, 2.05) is 0 Å². The minimum absolute atomic E-state index is 0.0476. The number of nitrogens with zero attached hydrogens (tertiary/aromatic N) is 2. The predicted molar refractivity (Wildman–Crippen MR) is 114 cm³/mol.